The molecular weight excluding hydrogens is 260 g/mol. The van der Waals surface area contributed by atoms with E-state index in [2.05, 4.69) is 46.7 Å². The van der Waals surface area contributed by atoms with Gasteiger partial charge in [-0.05, 0) is 37.1 Å². The third kappa shape index (κ3) is 3.49. The molecule has 1 fully saturated rings. The first-order valence-corrected chi connectivity index (χ1v) is 8.53. The smallest absolute Gasteiger partial charge is 0.122 e. The van der Waals surface area contributed by atoms with Crippen LogP contribution in [0.1, 0.15) is 45.9 Å². The molecule has 1 aliphatic heterocycles. The lowest BCUT2D eigenvalue weighted by Gasteiger charge is -2.43. The summed E-state index contributed by atoms with van der Waals surface area (Å²) in [7, 11) is 0. The van der Waals surface area contributed by atoms with Gasteiger partial charge in [-0.3, -0.25) is 4.90 Å². The topological polar surface area (TPSA) is 33.1 Å². The summed E-state index contributed by atoms with van der Waals surface area (Å²) >= 11 is 0. The molecular formula is C17H30N4. The van der Waals surface area contributed by atoms with E-state index in [1.165, 1.54) is 38.2 Å². The third-order valence-electron chi connectivity index (χ3n) is 5.30. The van der Waals surface area contributed by atoms with E-state index in [4.69, 9.17) is 0 Å². The first-order valence-electron chi connectivity index (χ1n) is 8.53. The predicted molar refractivity (Wildman–Crippen MR) is 86.1 cm³/mol. The summed E-state index contributed by atoms with van der Waals surface area (Å²) in [5, 5.41) is 3.73. The fourth-order valence-corrected chi connectivity index (χ4v) is 4.17. The van der Waals surface area contributed by atoms with Crippen molar-refractivity contribution in [2.24, 2.45) is 11.3 Å². The van der Waals surface area contributed by atoms with Gasteiger partial charge in [-0.1, -0.05) is 20.8 Å². The fourth-order valence-electron chi connectivity index (χ4n) is 4.17. The number of hydrogen-bond donors (Lipinski definition) is 1. The molecule has 0 amide bonds. The Labute approximate surface area is 128 Å². The van der Waals surface area contributed by atoms with Crippen LogP contribution in [0.15, 0.2) is 12.4 Å². The molecule has 1 aromatic heterocycles. The Morgan fingerprint density at radius 1 is 1.38 bits per heavy atom. The molecule has 2 aliphatic rings. The molecule has 1 N–H and O–H groups in total. The number of nitrogens with zero attached hydrogens (tertiary/aromatic N) is 3. The van der Waals surface area contributed by atoms with E-state index < -0.39 is 0 Å². The lowest BCUT2D eigenvalue weighted by molar-refractivity contribution is 0.0887. The van der Waals surface area contributed by atoms with Gasteiger partial charge in [0, 0.05) is 38.1 Å². The molecule has 2 unspecified atom stereocenters. The van der Waals surface area contributed by atoms with Crippen molar-refractivity contribution in [3.8, 4) is 0 Å². The molecule has 3 rings (SSSR count). The monoisotopic (exact) mass is 290 g/mol. The summed E-state index contributed by atoms with van der Waals surface area (Å²) in [4.78, 5) is 7.10. The van der Waals surface area contributed by atoms with Crippen molar-refractivity contribution in [3.05, 3.63) is 18.2 Å². The molecule has 118 valence electrons. The molecule has 1 aliphatic carbocycles. The van der Waals surface area contributed by atoms with Gasteiger partial charge in [-0.15, -0.1) is 0 Å². The molecule has 0 bridgehead atoms. The van der Waals surface area contributed by atoms with E-state index in [0.29, 0.717) is 11.5 Å². The van der Waals surface area contributed by atoms with Crippen LogP contribution in [0.5, 0.6) is 0 Å². The van der Waals surface area contributed by atoms with Crippen LogP contribution in [-0.2, 0) is 13.1 Å². The van der Waals surface area contributed by atoms with Gasteiger partial charge >= 0.3 is 0 Å². The molecule has 4 heteroatoms. The zero-order valence-electron chi connectivity index (χ0n) is 13.8. The van der Waals surface area contributed by atoms with Gasteiger partial charge in [0.2, 0.25) is 0 Å². The quantitative estimate of drug-likeness (QED) is 0.925. The van der Waals surface area contributed by atoms with Crippen molar-refractivity contribution in [1.82, 2.24) is 19.8 Å². The van der Waals surface area contributed by atoms with Gasteiger partial charge in [0.25, 0.3) is 0 Å². The number of fused-ring (bicyclic) bond motifs is 1. The molecule has 4 nitrogen and oxygen atoms in total. The predicted octanol–water partition coefficient (Wildman–Crippen LogP) is 2.50. The average Bonchev–Trinajstić information content (AvgIpc) is 2.89. The fraction of sp³-hybridized carbons (Fsp3) is 0.824. The highest BCUT2D eigenvalue weighted by Gasteiger charge is 2.35. The summed E-state index contributed by atoms with van der Waals surface area (Å²) in [5.74, 6) is 2.01. The van der Waals surface area contributed by atoms with Crippen LogP contribution in [-0.4, -0.2) is 40.1 Å². The number of nitrogens with one attached hydrogen (secondary N) is 1. The second kappa shape index (κ2) is 6.09. The minimum atomic E-state index is 0.505. The van der Waals surface area contributed by atoms with Gasteiger partial charge < -0.3 is 9.88 Å². The molecule has 0 saturated heterocycles. The van der Waals surface area contributed by atoms with Crippen LogP contribution in [0.2, 0.25) is 0 Å². The summed E-state index contributed by atoms with van der Waals surface area (Å²) < 4.78 is 2.29. The number of hydrogen-bond acceptors (Lipinski definition) is 3. The first-order chi connectivity index (χ1) is 10.1. The van der Waals surface area contributed by atoms with Crippen LogP contribution in [0.4, 0.5) is 0 Å². The maximum absolute atomic E-state index is 4.49. The van der Waals surface area contributed by atoms with Crippen LogP contribution < -0.4 is 5.32 Å². The largest absolute Gasteiger partial charge is 0.333 e. The number of imidazole rings is 1. The van der Waals surface area contributed by atoms with Crippen molar-refractivity contribution in [2.75, 3.05) is 19.6 Å². The first kappa shape index (κ1) is 15.0. The van der Waals surface area contributed by atoms with Crippen molar-refractivity contribution < 1.29 is 0 Å². The Morgan fingerprint density at radius 3 is 3.05 bits per heavy atom. The highest BCUT2D eigenvalue weighted by Crippen LogP contribution is 2.39. The van der Waals surface area contributed by atoms with Crippen LogP contribution in [0.3, 0.4) is 0 Å². The molecule has 21 heavy (non-hydrogen) atoms. The minimum absolute atomic E-state index is 0.505. The summed E-state index contributed by atoms with van der Waals surface area (Å²) in [6.45, 7) is 12.7. The lowest BCUT2D eigenvalue weighted by Crippen LogP contribution is -2.48. The Hall–Kier alpha value is -0.870. The summed E-state index contributed by atoms with van der Waals surface area (Å²) in [6.07, 6.45) is 8.07. The van der Waals surface area contributed by atoms with Crippen LogP contribution in [0.25, 0.3) is 0 Å². The second-order valence-corrected chi connectivity index (χ2v) is 7.60. The lowest BCUT2D eigenvalue weighted by atomic mass is 9.69. The van der Waals surface area contributed by atoms with E-state index in [1.54, 1.807) is 0 Å². The maximum Gasteiger partial charge on any atom is 0.122 e. The van der Waals surface area contributed by atoms with Gasteiger partial charge in [0.15, 0.2) is 0 Å². The number of aromatic nitrogens is 2. The van der Waals surface area contributed by atoms with Crippen molar-refractivity contribution >= 4 is 0 Å². The Morgan fingerprint density at radius 2 is 2.24 bits per heavy atom. The average molecular weight is 290 g/mol. The Balaban J connectivity index is 1.64. The molecule has 0 spiro atoms. The molecule has 1 saturated carbocycles. The normalized spacial score (nSPS) is 29.3. The SMILES string of the molecule is CCNC1CCC(C)(C)CC1CN1CCn2ccnc2C1. The summed E-state index contributed by atoms with van der Waals surface area (Å²) in [5.41, 5.74) is 0.505. The zero-order chi connectivity index (χ0) is 14.9. The number of rotatable bonds is 4. The second-order valence-electron chi connectivity index (χ2n) is 7.60. The highest BCUT2D eigenvalue weighted by molar-refractivity contribution is 4.97. The standard InChI is InChI=1S/C17H30N4/c1-4-18-15-5-6-17(2,3)11-14(15)12-20-9-10-21-8-7-19-16(21)13-20/h7-8,14-15,18H,4-6,9-13H2,1-3H3. The third-order valence-corrected chi connectivity index (χ3v) is 5.30. The Bertz CT molecular complexity index is 465. The zero-order valence-corrected chi connectivity index (χ0v) is 13.8. The molecule has 1 aromatic rings. The van der Waals surface area contributed by atoms with Crippen molar-refractivity contribution in [2.45, 2.75) is 59.2 Å². The van der Waals surface area contributed by atoms with Crippen molar-refractivity contribution in [3.63, 3.8) is 0 Å². The van der Waals surface area contributed by atoms with E-state index >= 15 is 0 Å². The van der Waals surface area contributed by atoms with E-state index in [0.717, 1.165) is 25.6 Å². The van der Waals surface area contributed by atoms with Crippen molar-refractivity contribution in [1.29, 1.82) is 0 Å². The minimum Gasteiger partial charge on any atom is -0.333 e. The molecule has 0 radical (unpaired) electrons. The van der Waals surface area contributed by atoms with Gasteiger partial charge in [-0.2, -0.15) is 0 Å². The molecule has 0 aromatic carbocycles. The van der Waals surface area contributed by atoms with Crippen LogP contribution >= 0.6 is 0 Å². The van der Waals surface area contributed by atoms with E-state index in [-0.39, 0.29) is 0 Å². The van der Waals surface area contributed by atoms with E-state index in [9.17, 15) is 0 Å². The van der Waals surface area contributed by atoms with Gasteiger partial charge in [-0.25, -0.2) is 4.98 Å². The van der Waals surface area contributed by atoms with Gasteiger partial charge in [0.1, 0.15) is 5.82 Å². The van der Waals surface area contributed by atoms with Gasteiger partial charge in [0.05, 0.1) is 6.54 Å². The Kier molecular flexibility index (Phi) is 4.36. The van der Waals surface area contributed by atoms with Crippen LogP contribution in [0, 0.1) is 11.3 Å². The maximum atomic E-state index is 4.49. The molecule has 2 atom stereocenters. The molecule has 2 heterocycles. The van der Waals surface area contributed by atoms with E-state index in [1.807, 2.05) is 6.20 Å². The summed E-state index contributed by atoms with van der Waals surface area (Å²) in [6, 6.07) is 0.699. The highest BCUT2D eigenvalue weighted by atomic mass is 15.2.